The Morgan fingerprint density at radius 2 is 2.08 bits per heavy atom. The zero-order chi connectivity index (χ0) is 17.3. The first-order chi connectivity index (χ1) is 11.5. The summed E-state index contributed by atoms with van der Waals surface area (Å²) in [5.41, 5.74) is 1.86. The largest absolute Gasteiger partial charge is 0.370 e. The highest BCUT2D eigenvalue weighted by atomic mass is 19.1. The first kappa shape index (κ1) is 15.9. The second kappa shape index (κ2) is 6.27. The second-order valence-electron chi connectivity index (χ2n) is 5.49. The van der Waals surface area contributed by atoms with E-state index in [2.05, 4.69) is 14.9 Å². The maximum Gasteiger partial charge on any atom is 0.295 e. The van der Waals surface area contributed by atoms with E-state index in [0.717, 1.165) is 29.5 Å². The molecule has 24 heavy (non-hydrogen) atoms. The lowest BCUT2D eigenvalue weighted by Crippen LogP contribution is -2.14. The SMILES string of the molecule is CCn1c([C@@H](C)Nc2ccc(F)cc2[N+](=O)[O-])nc2ccccc21. The summed E-state index contributed by atoms with van der Waals surface area (Å²) < 4.78 is 15.3. The van der Waals surface area contributed by atoms with Crippen LogP contribution in [0.15, 0.2) is 42.5 Å². The van der Waals surface area contributed by atoms with E-state index in [1.807, 2.05) is 38.1 Å². The summed E-state index contributed by atoms with van der Waals surface area (Å²) in [6.45, 7) is 4.62. The van der Waals surface area contributed by atoms with Crippen molar-refractivity contribution in [3.05, 3.63) is 64.2 Å². The third-order valence-corrected chi connectivity index (χ3v) is 3.92. The quantitative estimate of drug-likeness (QED) is 0.560. The highest BCUT2D eigenvalue weighted by Gasteiger charge is 2.20. The van der Waals surface area contributed by atoms with E-state index in [-0.39, 0.29) is 17.4 Å². The lowest BCUT2D eigenvalue weighted by atomic mass is 10.2. The van der Waals surface area contributed by atoms with Gasteiger partial charge in [-0.15, -0.1) is 0 Å². The standard InChI is InChI=1S/C17H17FN4O2/c1-3-21-15-7-5-4-6-13(15)20-17(21)11(2)19-14-9-8-12(18)10-16(14)22(23)24/h4-11,19H,3H2,1-2H3/t11-/m1/s1. The highest BCUT2D eigenvalue weighted by Crippen LogP contribution is 2.29. The lowest BCUT2D eigenvalue weighted by molar-refractivity contribution is -0.384. The maximum absolute atomic E-state index is 13.3. The molecule has 124 valence electrons. The molecule has 0 saturated heterocycles. The Labute approximate surface area is 138 Å². The number of hydrogen-bond donors (Lipinski definition) is 1. The number of aromatic nitrogens is 2. The van der Waals surface area contributed by atoms with Gasteiger partial charge in [0, 0.05) is 6.54 Å². The molecule has 3 rings (SSSR count). The van der Waals surface area contributed by atoms with Crippen molar-refractivity contribution < 1.29 is 9.31 Å². The average molecular weight is 328 g/mol. The Bertz CT molecular complexity index is 907. The van der Waals surface area contributed by atoms with E-state index >= 15 is 0 Å². The molecular weight excluding hydrogens is 311 g/mol. The Kier molecular flexibility index (Phi) is 4.16. The normalized spacial score (nSPS) is 12.3. The topological polar surface area (TPSA) is 73.0 Å². The molecule has 6 nitrogen and oxygen atoms in total. The summed E-state index contributed by atoms with van der Waals surface area (Å²) in [5.74, 6) is 0.137. The van der Waals surface area contributed by atoms with Crippen molar-refractivity contribution in [2.24, 2.45) is 0 Å². The van der Waals surface area contributed by atoms with Crippen molar-refractivity contribution in [3.8, 4) is 0 Å². The van der Waals surface area contributed by atoms with Crippen molar-refractivity contribution in [1.82, 2.24) is 9.55 Å². The summed E-state index contributed by atoms with van der Waals surface area (Å²) in [7, 11) is 0. The van der Waals surface area contributed by atoms with Gasteiger partial charge in [0.05, 0.1) is 28.1 Å². The van der Waals surface area contributed by atoms with Crippen molar-refractivity contribution in [2.45, 2.75) is 26.4 Å². The molecule has 0 bridgehead atoms. The number of nitro groups is 1. The zero-order valence-electron chi connectivity index (χ0n) is 13.4. The van der Waals surface area contributed by atoms with Gasteiger partial charge in [-0.1, -0.05) is 12.1 Å². The molecule has 3 aromatic rings. The van der Waals surface area contributed by atoms with Crippen LogP contribution < -0.4 is 5.32 Å². The summed E-state index contributed by atoms with van der Waals surface area (Å²) >= 11 is 0. The zero-order valence-corrected chi connectivity index (χ0v) is 13.4. The number of anilines is 1. The number of imidazole rings is 1. The van der Waals surface area contributed by atoms with Crippen LogP contribution in [0.1, 0.15) is 25.7 Å². The van der Waals surface area contributed by atoms with Crippen LogP contribution >= 0.6 is 0 Å². The fraction of sp³-hybridized carbons (Fsp3) is 0.235. The molecule has 0 fully saturated rings. The fourth-order valence-corrected chi connectivity index (χ4v) is 2.83. The number of nitro benzene ring substituents is 1. The third-order valence-electron chi connectivity index (χ3n) is 3.92. The number of nitrogens with zero attached hydrogens (tertiary/aromatic N) is 3. The molecule has 0 aliphatic heterocycles. The minimum atomic E-state index is -0.638. The number of halogens is 1. The van der Waals surface area contributed by atoms with E-state index in [4.69, 9.17) is 0 Å². The number of benzene rings is 2. The van der Waals surface area contributed by atoms with Gasteiger partial charge < -0.3 is 9.88 Å². The number of fused-ring (bicyclic) bond motifs is 1. The number of para-hydroxylation sites is 2. The molecule has 0 aliphatic rings. The minimum absolute atomic E-state index is 0.267. The highest BCUT2D eigenvalue weighted by molar-refractivity contribution is 5.76. The summed E-state index contributed by atoms with van der Waals surface area (Å²) in [5, 5.41) is 14.2. The summed E-state index contributed by atoms with van der Waals surface area (Å²) in [6, 6.07) is 11.0. The first-order valence-corrected chi connectivity index (χ1v) is 7.67. The number of rotatable bonds is 5. The fourth-order valence-electron chi connectivity index (χ4n) is 2.83. The molecule has 1 heterocycles. The van der Waals surface area contributed by atoms with E-state index in [9.17, 15) is 14.5 Å². The monoisotopic (exact) mass is 328 g/mol. The molecule has 0 unspecified atom stereocenters. The summed E-state index contributed by atoms with van der Waals surface area (Å²) in [4.78, 5) is 15.2. The van der Waals surface area contributed by atoms with Crippen molar-refractivity contribution in [3.63, 3.8) is 0 Å². The van der Waals surface area contributed by atoms with Crippen molar-refractivity contribution in [2.75, 3.05) is 5.32 Å². The maximum atomic E-state index is 13.3. The van der Waals surface area contributed by atoms with Gasteiger partial charge in [0.15, 0.2) is 0 Å². The lowest BCUT2D eigenvalue weighted by Gasteiger charge is -2.16. The van der Waals surface area contributed by atoms with Crippen LogP contribution in [0, 0.1) is 15.9 Å². The second-order valence-corrected chi connectivity index (χ2v) is 5.49. The molecule has 0 radical (unpaired) electrons. The van der Waals surface area contributed by atoms with Crippen molar-refractivity contribution in [1.29, 1.82) is 0 Å². The average Bonchev–Trinajstić information content (AvgIpc) is 2.95. The third kappa shape index (κ3) is 2.80. The van der Waals surface area contributed by atoms with Gasteiger partial charge in [0.25, 0.3) is 5.69 Å². The number of hydrogen-bond acceptors (Lipinski definition) is 4. The molecule has 0 aliphatic carbocycles. The Hall–Kier alpha value is -2.96. The Balaban J connectivity index is 1.99. The van der Waals surface area contributed by atoms with Gasteiger partial charge in [-0.25, -0.2) is 9.37 Å². The van der Waals surface area contributed by atoms with Gasteiger partial charge in [-0.05, 0) is 38.1 Å². The van der Waals surface area contributed by atoms with Gasteiger partial charge in [-0.3, -0.25) is 10.1 Å². The van der Waals surface area contributed by atoms with E-state index < -0.39 is 10.7 Å². The number of aryl methyl sites for hydroxylation is 1. The van der Waals surface area contributed by atoms with Crippen LogP contribution in [-0.2, 0) is 6.54 Å². The molecule has 0 spiro atoms. The minimum Gasteiger partial charge on any atom is -0.370 e. The van der Waals surface area contributed by atoms with Crippen LogP contribution in [0.5, 0.6) is 0 Å². The van der Waals surface area contributed by atoms with Crippen LogP contribution in [0.2, 0.25) is 0 Å². The van der Waals surface area contributed by atoms with Crippen LogP contribution in [0.25, 0.3) is 11.0 Å². The molecule has 1 N–H and O–H groups in total. The van der Waals surface area contributed by atoms with E-state index in [1.54, 1.807) is 0 Å². The van der Waals surface area contributed by atoms with Gasteiger partial charge in [-0.2, -0.15) is 0 Å². The van der Waals surface area contributed by atoms with Gasteiger partial charge >= 0.3 is 0 Å². The van der Waals surface area contributed by atoms with E-state index in [1.165, 1.54) is 12.1 Å². The first-order valence-electron chi connectivity index (χ1n) is 7.67. The van der Waals surface area contributed by atoms with E-state index in [0.29, 0.717) is 0 Å². The van der Waals surface area contributed by atoms with Crippen LogP contribution in [0.3, 0.4) is 0 Å². The van der Waals surface area contributed by atoms with Crippen molar-refractivity contribution >= 4 is 22.4 Å². The number of nitrogens with one attached hydrogen (secondary N) is 1. The predicted molar refractivity (Wildman–Crippen MR) is 90.5 cm³/mol. The molecule has 7 heteroatoms. The smallest absolute Gasteiger partial charge is 0.295 e. The van der Waals surface area contributed by atoms with Crippen LogP contribution in [0.4, 0.5) is 15.8 Å². The molecule has 0 amide bonds. The molecule has 1 aromatic heterocycles. The molecule has 2 aromatic carbocycles. The Morgan fingerprint density at radius 1 is 1.33 bits per heavy atom. The van der Waals surface area contributed by atoms with Gasteiger partial charge in [0.2, 0.25) is 0 Å². The van der Waals surface area contributed by atoms with Gasteiger partial charge in [0.1, 0.15) is 17.3 Å². The molecular formula is C17H17FN4O2. The Morgan fingerprint density at radius 3 is 2.79 bits per heavy atom. The predicted octanol–water partition coefficient (Wildman–Crippen LogP) is 4.28. The molecule has 0 saturated carbocycles. The summed E-state index contributed by atoms with van der Waals surface area (Å²) in [6.07, 6.45) is 0. The van der Waals surface area contributed by atoms with Crippen LogP contribution in [-0.4, -0.2) is 14.5 Å². The molecule has 1 atom stereocenters.